The van der Waals surface area contributed by atoms with Gasteiger partial charge in [-0.1, -0.05) is 48.0 Å². The van der Waals surface area contributed by atoms with E-state index in [1.54, 1.807) is 24.3 Å². The Morgan fingerprint density at radius 3 is 2.69 bits per heavy atom. The minimum atomic E-state index is -0.219. The van der Waals surface area contributed by atoms with Crippen molar-refractivity contribution in [2.75, 3.05) is 18.5 Å². The number of halogens is 1. The Morgan fingerprint density at radius 1 is 1.03 bits per heavy atom. The van der Waals surface area contributed by atoms with Crippen LogP contribution in [0, 0.1) is 0 Å². The van der Waals surface area contributed by atoms with Crippen LogP contribution < -0.4 is 20.1 Å². The second kappa shape index (κ2) is 8.99. The molecule has 4 rings (SSSR count). The van der Waals surface area contributed by atoms with E-state index in [0.29, 0.717) is 17.2 Å². The summed E-state index contributed by atoms with van der Waals surface area (Å²) < 4.78 is 11.7. The van der Waals surface area contributed by atoms with Gasteiger partial charge in [0.15, 0.2) is 17.6 Å². The quantitative estimate of drug-likeness (QED) is 0.655. The molecule has 0 aliphatic carbocycles. The van der Waals surface area contributed by atoms with E-state index in [4.69, 9.17) is 21.1 Å². The van der Waals surface area contributed by atoms with Crippen molar-refractivity contribution in [3.8, 4) is 11.5 Å². The SMILES string of the molecule is O=C(Nc1cccc(C[NH2+]C[C@@H]2COc3ccccc3O2)c1)c1ccccc1Cl. The van der Waals surface area contributed by atoms with Crippen LogP contribution in [-0.2, 0) is 6.54 Å². The fraction of sp³-hybridized carbons (Fsp3) is 0.174. The maximum absolute atomic E-state index is 12.4. The number of benzene rings is 3. The second-order valence-corrected chi connectivity index (χ2v) is 7.27. The first-order valence-electron chi connectivity index (χ1n) is 9.54. The highest BCUT2D eigenvalue weighted by atomic mass is 35.5. The number of ether oxygens (including phenoxy) is 2. The third-order valence-electron chi connectivity index (χ3n) is 4.68. The summed E-state index contributed by atoms with van der Waals surface area (Å²) in [5.41, 5.74) is 2.31. The summed E-state index contributed by atoms with van der Waals surface area (Å²) in [6.45, 7) is 2.10. The molecule has 5 nitrogen and oxygen atoms in total. The molecule has 0 spiro atoms. The minimum absolute atomic E-state index is 0.00741. The van der Waals surface area contributed by atoms with E-state index in [9.17, 15) is 4.79 Å². The molecule has 29 heavy (non-hydrogen) atoms. The van der Waals surface area contributed by atoms with Gasteiger partial charge in [-0.3, -0.25) is 4.79 Å². The van der Waals surface area contributed by atoms with E-state index in [1.807, 2.05) is 48.5 Å². The predicted octanol–water partition coefficient (Wildman–Crippen LogP) is 3.50. The topological polar surface area (TPSA) is 64.2 Å². The lowest BCUT2D eigenvalue weighted by atomic mass is 10.1. The van der Waals surface area contributed by atoms with Gasteiger partial charge in [0.1, 0.15) is 19.7 Å². The molecule has 1 aliphatic rings. The maximum atomic E-state index is 12.4. The van der Waals surface area contributed by atoms with E-state index in [0.717, 1.165) is 35.8 Å². The Bertz CT molecular complexity index is 1010. The summed E-state index contributed by atoms with van der Waals surface area (Å²) in [6.07, 6.45) is 0.00741. The van der Waals surface area contributed by atoms with Crippen LogP contribution in [0.5, 0.6) is 11.5 Å². The van der Waals surface area contributed by atoms with Crippen LogP contribution in [-0.4, -0.2) is 25.2 Å². The molecule has 1 heterocycles. The molecular weight excluding hydrogens is 388 g/mol. The standard InChI is InChI=1S/C23H21ClN2O3/c24-20-9-2-1-8-19(20)23(27)26-17-7-5-6-16(12-17)13-25-14-18-15-28-21-10-3-4-11-22(21)29-18/h1-12,18,25H,13-15H2,(H,26,27)/p+1/t18-/m1/s1. The smallest absolute Gasteiger partial charge is 0.257 e. The average molecular weight is 410 g/mol. The number of hydrogen-bond acceptors (Lipinski definition) is 3. The first kappa shape index (κ1) is 19.3. The van der Waals surface area contributed by atoms with E-state index < -0.39 is 0 Å². The van der Waals surface area contributed by atoms with E-state index in [-0.39, 0.29) is 12.0 Å². The van der Waals surface area contributed by atoms with Crippen LogP contribution in [0.4, 0.5) is 5.69 Å². The van der Waals surface area contributed by atoms with Gasteiger partial charge < -0.3 is 20.1 Å². The van der Waals surface area contributed by atoms with Gasteiger partial charge in [-0.25, -0.2) is 0 Å². The molecule has 1 aliphatic heterocycles. The number of nitrogens with two attached hydrogens (primary N) is 1. The summed E-state index contributed by atoms with van der Waals surface area (Å²) in [5.74, 6) is 1.37. The van der Waals surface area contributed by atoms with Gasteiger partial charge in [-0.2, -0.15) is 0 Å². The third-order valence-corrected chi connectivity index (χ3v) is 5.01. The summed E-state index contributed by atoms with van der Waals surface area (Å²) >= 11 is 6.10. The van der Waals surface area contributed by atoms with Gasteiger partial charge in [-0.15, -0.1) is 0 Å². The molecule has 0 saturated carbocycles. The highest BCUT2D eigenvalue weighted by molar-refractivity contribution is 6.34. The van der Waals surface area contributed by atoms with Gasteiger partial charge in [0.2, 0.25) is 0 Å². The zero-order valence-corrected chi connectivity index (χ0v) is 16.6. The molecule has 0 aromatic heterocycles. The number of carbonyl (C=O) groups is 1. The number of carbonyl (C=O) groups excluding carboxylic acids is 1. The molecule has 1 atom stereocenters. The van der Waals surface area contributed by atoms with E-state index >= 15 is 0 Å². The molecule has 1 amide bonds. The van der Waals surface area contributed by atoms with Crippen LogP contribution in [0.15, 0.2) is 72.8 Å². The highest BCUT2D eigenvalue weighted by Gasteiger charge is 2.21. The number of quaternary nitrogens is 1. The molecule has 148 valence electrons. The number of hydrogen-bond donors (Lipinski definition) is 2. The second-order valence-electron chi connectivity index (χ2n) is 6.86. The first-order chi connectivity index (χ1) is 14.2. The van der Waals surface area contributed by atoms with Crippen molar-refractivity contribution in [2.45, 2.75) is 12.6 Å². The minimum Gasteiger partial charge on any atom is -0.486 e. The lowest BCUT2D eigenvalue weighted by Gasteiger charge is -2.25. The molecule has 0 radical (unpaired) electrons. The fourth-order valence-electron chi connectivity index (χ4n) is 3.23. The van der Waals surface area contributed by atoms with Gasteiger partial charge >= 0.3 is 0 Å². The molecule has 3 N–H and O–H groups in total. The number of para-hydroxylation sites is 2. The van der Waals surface area contributed by atoms with Gasteiger partial charge in [-0.05, 0) is 36.4 Å². The molecule has 0 fully saturated rings. The van der Waals surface area contributed by atoms with Crippen LogP contribution in [0.25, 0.3) is 0 Å². The fourth-order valence-corrected chi connectivity index (χ4v) is 3.46. The van der Waals surface area contributed by atoms with Crippen LogP contribution in [0.3, 0.4) is 0 Å². The number of anilines is 1. The van der Waals surface area contributed by atoms with E-state index in [2.05, 4.69) is 10.6 Å². The van der Waals surface area contributed by atoms with Gasteiger partial charge in [0.25, 0.3) is 5.91 Å². The van der Waals surface area contributed by atoms with Crippen LogP contribution in [0.2, 0.25) is 5.02 Å². The Kier molecular flexibility index (Phi) is 5.98. The summed E-state index contributed by atoms with van der Waals surface area (Å²) in [5, 5.41) is 5.52. The summed E-state index contributed by atoms with van der Waals surface area (Å²) in [7, 11) is 0. The van der Waals surface area contributed by atoms with Crippen molar-refractivity contribution in [3.63, 3.8) is 0 Å². The largest absolute Gasteiger partial charge is 0.486 e. The first-order valence-corrected chi connectivity index (χ1v) is 9.92. The lowest BCUT2D eigenvalue weighted by molar-refractivity contribution is -0.676. The Balaban J connectivity index is 1.30. The van der Waals surface area contributed by atoms with Crippen LogP contribution in [0.1, 0.15) is 15.9 Å². The van der Waals surface area contributed by atoms with Crippen molar-refractivity contribution in [3.05, 3.63) is 88.9 Å². The van der Waals surface area contributed by atoms with Gasteiger partial charge in [0, 0.05) is 11.3 Å². The van der Waals surface area contributed by atoms with Crippen molar-refractivity contribution in [2.24, 2.45) is 0 Å². The third kappa shape index (κ3) is 4.88. The molecule has 0 bridgehead atoms. The molecule has 3 aromatic rings. The molecule has 6 heteroatoms. The molecule has 3 aromatic carbocycles. The molecule has 0 saturated heterocycles. The monoisotopic (exact) mass is 409 g/mol. The zero-order valence-electron chi connectivity index (χ0n) is 15.8. The lowest BCUT2D eigenvalue weighted by Crippen LogP contribution is -2.85. The van der Waals surface area contributed by atoms with Crippen molar-refractivity contribution in [1.29, 1.82) is 0 Å². The summed E-state index contributed by atoms with van der Waals surface area (Å²) in [4.78, 5) is 12.4. The Hall–Kier alpha value is -3.02. The zero-order chi connectivity index (χ0) is 20.1. The number of nitrogens with one attached hydrogen (secondary N) is 1. The summed E-state index contributed by atoms with van der Waals surface area (Å²) in [6, 6.07) is 22.5. The van der Waals surface area contributed by atoms with Crippen molar-refractivity contribution in [1.82, 2.24) is 0 Å². The number of rotatable bonds is 6. The van der Waals surface area contributed by atoms with E-state index in [1.165, 1.54) is 0 Å². The predicted molar refractivity (Wildman–Crippen MR) is 113 cm³/mol. The average Bonchev–Trinajstić information content (AvgIpc) is 2.74. The maximum Gasteiger partial charge on any atom is 0.257 e. The molecular formula is C23H22ClN2O3+. The number of amides is 1. The van der Waals surface area contributed by atoms with Gasteiger partial charge in [0.05, 0.1) is 10.6 Å². The Labute approximate surface area is 174 Å². The number of fused-ring (bicyclic) bond motifs is 1. The van der Waals surface area contributed by atoms with Crippen molar-refractivity contribution < 1.29 is 19.6 Å². The Morgan fingerprint density at radius 2 is 1.83 bits per heavy atom. The highest BCUT2D eigenvalue weighted by Crippen LogP contribution is 2.30. The van der Waals surface area contributed by atoms with Crippen LogP contribution >= 0.6 is 11.6 Å². The van der Waals surface area contributed by atoms with Crippen molar-refractivity contribution >= 4 is 23.2 Å². The molecule has 0 unspecified atom stereocenters. The normalized spacial score (nSPS) is 15.0.